The molecule has 2 rings (SSSR count). The number of benzene rings is 1. The average molecular weight is 291 g/mol. The van der Waals surface area contributed by atoms with Gasteiger partial charge in [0.2, 0.25) is 0 Å². The number of rotatable bonds is 5. The number of ether oxygens (including phenoxy) is 2. The second-order valence-corrected chi connectivity index (χ2v) is 5.87. The lowest BCUT2D eigenvalue weighted by Gasteiger charge is -2.32. The van der Waals surface area contributed by atoms with E-state index in [1.807, 2.05) is 24.3 Å². The predicted octanol–water partition coefficient (Wildman–Crippen LogP) is 3.48. The lowest BCUT2D eigenvalue weighted by Crippen LogP contribution is -2.39. The minimum absolute atomic E-state index is 0.194. The Labute approximate surface area is 126 Å². The van der Waals surface area contributed by atoms with E-state index < -0.39 is 0 Å². The number of carbonyl (C=O) groups excluding carboxylic acids is 1. The van der Waals surface area contributed by atoms with Gasteiger partial charge in [0.15, 0.2) is 0 Å². The highest BCUT2D eigenvalue weighted by atomic mass is 16.5. The van der Waals surface area contributed by atoms with Crippen LogP contribution in [0.25, 0.3) is 0 Å². The number of methoxy groups -OCH3 is 2. The van der Waals surface area contributed by atoms with Gasteiger partial charge in [-0.05, 0) is 36.8 Å². The molecule has 0 saturated heterocycles. The Balaban J connectivity index is 2.15. The summed E-state index contributed by atoms with van der Waals surface area (Å²) >= 11 is 0. The van der Waals surface area contributed by atoms with Crippen LogP contribution in [0, 0.1) is 11.8 Å². The van der Waals surface area contributed by atoms with Crippen molar-refractivity contribution in [3.63, 3.8) is 0 Å². The molecule has 0 spiro atoms. The van der Waals surface area contributed by atoms with E-state index in [-0.39, 0.29) is 12.0 Å². The highest BCUT2D eigenvalue weighted by molar-refractivity contribution is 5.80. The normalized spacial score (nSPS) is 23.2. The average Bonchev–Trinajstić information content (AvgIpc) is 2.53. The van der Waals surface area contributed by atoms with Crippen molar-refractivity contribution >= 4 is 11.7 Å². The van der Waals surface area contributed by atoms with Crippen LogP contribution >= 0.6 is 0 Å². The van der Waals surface area contributed by atoms with Crippen LogP contribution in [-0.4, -0.2) is 26.2 Å². The fourth-order valence-corrected chi connectivity index (χ4v) is 3.05. The Bertz CT molecular complexity index is 467. The van der Waals surface area contributed by atoms with Crippen molar-refractivity contribution in [3.05, 3.63) is 24.3 Å². The Morgan fingerprint density at radius 1 is 1.19 bits per heavy atom. The molecule has 21 heavy (non-hydrogen) atoms. The summed E-state index contributed by atoms with van der Waals surface area (Å²) in [5.74, 6) is 1.63. The maximum Gasteiger partial charge on any atom is 0.328 e. The van der Waals surface area contributed by atoms with Crippen molar-refractivity contribution in [2.45, 2.75) is 38.6 Å². The maximum atomic E-state index is 12.2. The summed E-state index contributed by atoms with van der Waals surface area (Å²) in [4.78, 5) is 12.2. The topological polar surface area (TPSA) is 47.6 Å². The van der Waals surface area contributed by atoms with Crippen LogP contribution in [0.4, 0.5) is 5.69 Å². The molecule has 4 nitrogen and oxygen atoms in total. The van der Waals surface area contributed by atoms with Crippen molar-refractivity contribution < 1.29 is 14.3 Å². The van der Waals surface area contributed by atoms with Crippen LogP contribution in [0.1, 0.15) is 32.6 Å². The summed E-state index contributed by atoms with van der Waals surface area (Å²) in [5.41, 5.74) is 0.842. The molecular weight excluding hydrogens is 266 g/mol. The molecule has 0 amide bonds. The van der Waals surface area contributed by atoms with E-state index in [0.717, 1.165) is 30.2 Å². The van der Waals surface area contributed by atoms with Gasteiger partial charge in [0.05, 0.1) is 19.9 Å². The number of hydrogen-bond acceptors (Lipinski definition) is 4. The van der Waals surface area contributed by atoms with Crippen molar-refractivity contribution in [1.29, 1.82) is 0 Å². The Morgan fingerprint density at radius 2 is 1.86 bits per heavy atom. The highest BCUT2D eigenvalue weighted by Gasteiger charge is 2.32. The molecule has 1 atom stereocenters. The number of para-hydroxylation sites is 2. The third-order valence-corrected chi connectivity index (χ3v) is 4.41. The summed E-state index contributed by atoms with van der Waals surface area (Å²) in [5, 5.41) is 3.33. The zero-order valence-corrected chi connectivity index (χ0v) is 13.1. The quantitative estimate of drug-likeness (QED) is 0.844. The number of nitrogens with one attached hydrogen (secondary N) is 1. The minimum Gasteiger partial charge on any atom is -0.495 e. The van der Waals surface area contributed by atoms with E-state index in [9.17, 15) is 4.79 Å². The molecule has 0 bridgehead atoms. The van der Waals surface area contributed by atoms with Crippen molar-refractivity contribution in [1.82, 2.24) is 0 Å². The molecule has 1 fully saturated rings. The maximum absolute atomic E-state index is 12.2. The van der Waals surface area contributed by atoms with Crippen LogP contribution < -0.4 is 10.1 Å². The second-order valence-electron chi connectivity index (χ2n) is 5.87. The molecule has 1 aliphatic rings. The number of esters is 1. The minimum atomic E-state index is -0.307. The SMILES string of the molecule is COC(=O)C(Nc1ccccc1OC)C1CCC(C)CC1. The summed E-state index contributed by atoms with van der Waals surface area (Å²) in [7, 11) is 3.08. The van der Waals surface area contributed by atoms with Crippen molar-refractivity contribution in [3.8, 4) is 5.75 Å². The highest BCUT2D eigenvalue weighted by Crippen LogP contribution is 2.33. The Hall–Kier alpha value is -1.71. The molecular formula is C17H25NO3. The summed E-state index contributed by atoms with van der Waals surface area (Å²) < 4.78 is 10.3. The summed E-state index contributed by atoms with van der Waals surface area (Å²) in [6, 6.07) is 7.36. The van der Waals surface area contributed by atoms with E-state index in [1.54, 1.807) is 7.11 Å². The fraction of sp³-hybridized carbons (Fsp3) is 0.588. The van der Waals surface area contributed by atoms with E-state index in [4.69, 9.17) is 9.47 Å². The molecule has 1 aromatic carbocycles. The first-order valence-corrected chi connectivity index (χ1v) is 7.63. The van der Waals surface area contributed by atoms with Crippen molar-refractivity contribution in [2.75, 3.05) is 19.5 Å². The lowest BCUT2D eigenvalue weighted by atomic mass is 9.79. The molecule has 1 saturated carbocycles. The second kappa shape index (κ2) is 7.34. The fourth-order valence-electron chi connectivity index (χ4n) is 3.05. The molecule has 116 valence electrons. The predicted molar refractivity (Wildman–Crippen MR) is 83.5 cm³/mol. The molecule has 0 aromatic heterocycles. The molecule has 0 heterocycles. The van der Waals surface area contributed by atoms with Gasteiger partial charge >= 0.3 is 5.97 Å². The smallest absolute Gasteiger partial charge is 0.328 e. The number of carbonyl (C=O) groups is 1. The van der Waals surface area contributed by atoms with Crippen LogP contribution in [0.3, 0.4) is 0 Å². The van der Waals surface area contributed by atoms with Crippen molar-refractivity contribution in [2.24, 2.45) is 11.8 Å². The zero-order valence-electron chi connectivity index (χ0n) is 13.1. The molecule has 1 N–H and O–H groups in total. The first kappa shape index (κ1) is 15.7. The van der Waals surface area contributed by atoms with E-state index in [1.165, 1.54) is 20.0 Å². The molecule has 4 heteroatoms. The van der Waals surface area contributed by atoms with Gasteiger partial charge in [0, 0.05) is 0 Å². The van der Waals surface area contributed by atoms with Gasteiger partial charge < -0.3 is 14.8 Å². The van der Waals surface area contributed by atoms with Gasteiger partial charge in [0.25, 0.3) is 0 Å². The standard InChI is InChI=1S/C17H25NO3/c1-12-8-10-13(11-9-12)16(17(19)21-3)18-14-6-4-5-7-15(14)20-2/h4-7,12-13,16,18H,8-11H2,1-3H3. The number of anilines is 1. The third kappa shape index (κ3) is 3.90. The zero-order chi connectivity index (χ0) is 15.2. The Kier molecular flexibility index (Phi) is 5.48. The van der Waals surface area contributed by atoms with Crippen LogP contribution in [0.5, 0.6) is 5.75 Å². The van der Waals surface area contributed by atoms with Gasteiger partial charge in [-0.15, -0.1) is 0 Å². The van der Waals surface area contributed by atoms with Crippen LogP contribution in [0.15, 0.2) is 24.3 Å². The van der Waals surface area contributed by atoms with E-state index >= 15 is 0 Å². The Morgan fingerprint density at radius 3 is 2.48 bits per heavy atom. The van der Waals surface area contributed by atoms with Crippen LogP contribution in [0.2, 0.25) is 0 Å². The first-order chi connectivity index (χ1) is 10.2. The monoisotopic (exact) mass is 291 g/mol. The molecule has 1 aliphatic carbocycles. The lowest BCUT2D eigenvalue weighted by molar-refractivity contribution is -0.143. The van der Waals surface area contributed by atoms with E-state index in [2.05, 4.69) is 12.2 Å². The molecule has 0 aliphatic heterocycles. The van der Waals surface area contributed by atoms with Gasteiger partial charge in [0.1, 0.15) is 11.8 Å². The molecule has 0 radical (unpaired) electrons. The van der Waals surface area contributed by atoms with Gasteiger partial charge in [-0.3, -0.25) is 0 Å². The van der Waals surface area contributed by atoms with Crippen LogP contribution in [-0.2, 0) is 9.53 Å². The molecule has 1 aromatic rings. The van der Waals surface area contributed by atoms with E-state index in [0.29, 0.717) is 5.92 Å². The third-order valence-electron chi connectivity index (χ3n) is 4.41. The largest absolute Gasteiger partial charge is 0.495 e. The molecule has 1 unspecified atom stereocenters. The number of hydrogen-bond donors (Lipinski definition) is 1. The van der Waals surface area contributed by atoms with Gasteiger partial charge in [-0.1, -0.05) is 31.9 Å². The van der Waals surface area contributed by atoms with Gasteiger partial charge in [-0.25, -0.2) is 4.79 Å². The summed E-state index contributed by atoms with van der Waals surface area (Å²) in [6.07, 6.45) is 4.46. The summed E-state index contributed by atoms with van der Waals surface area (Å²) in [6.45, 7) is 2.27. The first-order valence-electron chi connectivity index (χ1n) is 7.63. The van der Waals surface area contributed by atoms with Gasteiger partial charge in [-0.2, -0.15) is 0 Å².